The van der Waals surface area contributed by atoms with Gasteiger partial charge in [0.15, 0.2) is 0 Å². The lowest BCUT2D eigenvalue weighted by Gasteiger charge is -2.29. The number of aryl methyl sites for hydroxylation is 2. The first-order valence-corrected chi connectivity index (χ1v) is 15.2. The molecular weight excluding hydrogens is 562 g/mol. The minimum atomic E-state index is -0.873. The molecule has 1 heterocycles. The molecule has 236 valence electrons. The minimum Gasteiger partial charge on any atom is -0.493 e. The Labute approximate surface area is 258 Å². The second-order valence-corrected chi connectivity index (χ2v) is 12.2. The van der Waals surface area contributed by atoms with Crippen molar-refractivity contribution in [2.75, 3.05) is 18.5 Å². The molecule has 0 spiro atoms. The van der Waals surface area contributed by atoms with Gasteiger partial charge in [-0.05, 0) is 87.6 Å². The van der Waals surface area contributed by atoms with Crippen LogP contribution >= 0.6 is 0 Å². The number of amides is 2. The molecule has 0 unspecified atom stereocenters. The average molecular weight is 606 g/mol. The molecule has 44 heavy (non-hydrogen) atoms. The second-order valence-electron chi connectivity index (χ2n) is 12.2. The molecule has 3 N–H and O–H groups in total. The SMILES string of the molecule is Cc1oc(-c2ccc(NC(=O)C3CCC3)cc2)nc1CCOc1ccc(CCC(=O)O)c(C(C)(C)CNC(=O)OC(C)C)c1. The maximum absolute atomic E-state index is 12.2. The quantitative estimate of drug-likeness (QED) is 0.191. The number of alkyl carbamates (subject to hydrolysis) is 1. The van der Waals surface area contributed by atoms with Gasteiger partial charge < -0.3 is 29.6 Å². The number of benzene rings is 2. The lowest BCUT2D eigenvalue weighted by molar-refractivity contribution is -0.137. The smallest absolute Gasteiger partial charge is 0.407 e. The zero-order valence-electron chi connectivity index (χ0n) is 26.2. The third-order valence-electron chi connectivity index (χ3n) is 7.81. The van der Waals surface area contributed by atoms with Crippen LogP contribution < -0.4 is 15.4 Å². The molecule has 0 bridgehead atoms. The maximum Gasteiger partial charge on any atom is 0.407 e. The molecule has 0 aliphatic heterocycles. The van der Waals surface area contributed by atoms with Gasteiger partial charge in [0.05, 0.1) is 18.4 Å². The minimum absolute atomic E-state index is 0.00228. The number of ether oxygens (including phenoxy) is 2. The van der Waals surface area contributed by atoms with Crippen LogP contribution in [0.1, 0.15) is 76.0 Å². The predicted molar refractivity (Wildman–Crippen MR) is 167 cm³/mol. The highest BCUT2D eigenvalue weighted by Gasteiger charge is 2.27. The molecule has 0 saturated heterocycles. The highest BCUT2D eigenvalue weighted by atomic mass is 16.6. The van der Waals surface area contributed by atoms with E-state index in [1.165, 1.54) is 0 Å². The number of nitrogens with one attached hydrogen (secondary N) is 2. The standard InChI is InChI=1S/C34H43N3O7/c1-21(2)43-33(41)35-20-34(4,5)28-19-27(15-11-23(28)12-16-30(38)39)42-18-17-29-22(3)44-32(37-29)25-9-13-26(14-10-25)36-31(40)24-7-6-8-24/h9-11,13-15,19,21,24H,6-8,12,16-18,20H2,1-5H3,(H,35,41)(H,36,40)(H,38,39). The Hall–Kier alpha value is -4.34. The lowest BCUT2D eigenvalue weighted by atomic mass is 9.80. The van der Waals surface area contributed by atoms with Crippen LogP contribution in [0.25, 0.3) is 11.5 Å². The highest BCUT2D eigenvalue weighted by Crippen LogP contribution is 2.32. The van der Waals surface area contributed by atoms with E-state index in [0.29, 0.717) is 43.4 Å². The first kappa shape index (κ1) is 32.6. The van der Waals surface area contributed by atoms with E-state index in [0.717, 1.165) is 47.3 Å². The summed E-state index contributed by atoms with van der Waals surface area (Å²) in [7, 11) is 0. The molecule has 1 fully saturated rings. The summed E-state index contributed by atoms with van der Waals surface area (Å²) in [6.45, 7) is 10.1. The zero-order chi connectivity index (χ0) is 31.9. The van der Waals surface area contributed by atoms with Gasteiger partial charge in [0.2, 0.25) is 11.8 Å². The average Bonchev–Trinajstić information content (AvgIpc) is 3.30. The molecule has 2 amide bonds. The molecule has 2 aromatic carbocycles. The molecule has 1 aromatic heterocycles. The Morgan fingerprint density at radius 1 is 1.09 bits per heavy atom. The Balaban J connectivity index is 1.39. The highest BCUT2D eigenvalue weighted by molar-refractivity contribution is 5.93. The van der Waals surface area contributed by atoms with Gasteiger partial charge in [0.1, 0.15) is 11.5 Å². The number of aliphatic carboxylic acids is 1. The molecule has 1 aliphatic carbocycles. The normalized spacial score (nSPS) is 13.3. The van der Waals surface area contributed by atoms with Crippen LogP contribution in [0.15, 0.2) is 46.9 Å². The number of carboxylic acids is 1. The number of carboxylic acid groups (broad SMARTS) is 1. The predicted octanol–water partition coefficient (Wildman–Crippen LogP) is 6.44. The van der Waals surface area contributed by atoms with Crippen LogP contribution in [-0.2, 0) is 32.6 Å². The second kappa shape index (κ2) is 14.4. The van der Waals surface area contributed by atoms with Crippen molar-refractivity contribution >= 4 is 23.7 Å². The van der Waals surface area contributed by atoms with Gasteiger partial charge in [-0.25, -0.2) is 9.78 Å². The van der Waals surface area contributed by atoms with Gasteiger partial charge in [-0.2, -0.15) is 0 Å². The molecule has 0 radical (unpaired) electrons. The van der Waals surface area contributed by atoms with Crippen molar-refractivity contribution in [1.29, 1.82) is 0 Å². The summed E-state index contributed by atoms with van der Waals surface area (Å²) in [5.74, 6) is 1.17. The van der Waals surface area contributed by atoms with Crippen molar-refractivity contribution in [2.24, 2.45) is 5.92 Å². The fourth-order valence-corrected chi connectivity index (χ4v) is 5.04. The van der Waals surface area contributed by atoms with Crippen LogP contribution in [0.4, 0.5) is 10.5 Å². The van der Waals surface area contributed by atoms with E-state index in [-0.39, 0.29) is 24.3 Å². The number of anilines is 1. The molecule has 10 nitrogen and oxygen atoms in total. The largest absolute Gasteiger partial charge is 0.493 e. The summed E-state index contributed by atoms with van der Waals surface area (Å²) in [4.78, 5) is 40.3. The summed E-state index contributed by atoms with van der Waals surface area (Å²) >= 11 is 0. The van der Waals surface area contributed by atoms with Crippen molar-refractivity contribution in [3.05, 3.63) is 65.0 Å². The number of carbonyl (C=O) groups is 3. The molecule has 1 saturated carbocycles. The van der Waals surface area contributed by atoms with E-state index in [9.17, 15) is 19.5 Å². The summed E-state index contributed by atoms with van der Waals surface area (Å²) < 4.78 is 17.2. The summed E-state index contributed by atoms with van der Waals surface area (Å²) in [5, 5.41) is 15.0. The summed E-state index contributed by atoms with van der Waals surface area (Å²) in [6.07, 6.45) is 3.17. The van der Waals surface area contributed by atoms with Gasteiger partial charge in [0.25, 0.3) is 0 Å². The Morgan fingerprint density at radius 2 is 1.82 bits per heavy atom. The summed E-state index contributed by atoms with van der Waals surface area (Å²) in [5.41, 5.74) is 3.62. The van der Waals surface area contributed by atoms with Gasteiger partial charge in [-0.1, -0.05) is 26.3 Å². The number of carbonyl (C=O) groups excluding carboxylic acids is 2. The number of aromatic nitrogens is 1. The van der Waals surface area contributed by atoms with E-state index in [1.54, 1.807) is 13.8 Å². The third-order valence-corrected chi connectivity index (χ3v) is 7.81. The molecule has 10 heteroatoms. The van der Waals surface area contributed by atoms with Crippen molar-refractivity contribution in [1.82, 2.24) is 10.3 Å². The van der Waals surface area contributed by atoms with Crippen LogP contribution in [-0.4, -0.2) is 47.3 Å². The monoisotopic (exact) mass is 605 g/mol. The van der Waals surface area contributed by atoms with E-state index in [4.69, 9.17) is 13.9 Å². The maximum atomic E-state index is 12.2. The zero-order valence-corrected chi connectivity index (χ0v) is 26.2. The van der Waals surface area contributed by atoms with E-state index < -0.39 is 17.5 Å². The molecule has 0 atom stereocenters. The van der Waals surface area contributed by atoms with Crippen LogP contribution in [0.5, 0.6) is 5.75 Å². The Bertz CT molecular complexity index is 1460. The van der Waals surface area contributed by atoms with Gasteiger partial charge in [-0.15, -0.1) is 0 Å². The number of nitrogens with zero attached hydrogens (tertiary/aromatic N) is 1. The number of oxazole rings is 1. The fraction of sp³-hybridized carbons (Fsp3) is 0.471. The van der Waals surface area contributed by atoms with Crippen molar-refractivity contribution in [2.45, 2.75) is 84.7 Å². The molecule has 3 aromatic rings. The van der Waals surface area contributed by atoms with Gasteiger partial charge in [-0.3, -0.25) is 9.59 Å². The fourth-order valence-electron chi connectivity index (χ4n) is 5.04. The molecular formula is C34H43N3O7. The van der Waals surface area contributed by atoms with Crippen molar-refractivity contribution in [3.8, 4) is 17.2 Å². The van der Waals surface area contributed by atoms with E-state index in [2.05, 4.69) is 15.6 Å². The number of rotatable bonds is 14. The summed E-state index contributed by atoms with van der Waals surface area (Å²) in [6, 6.07) is 13.1. The number of hydrogen-bond donors (Lipinski definition) is 3. The van der Waals surface area contributed by atoms with Crippen LogP contribution in [0.3, 0.4) is 0 Å². The van der Waals surface area contributed by atoms with E-state index >= 15 is 0 Å². The van der Waals surface area contributed by atoms with Crippen molar-refractivity contribution < 1.29 is 33.4 Å². The topological polar surface area (TPSA) is 140 Å². The first-order valence-electron chi connectivity index (χ1n) is 15.2. The van der Waals surface area contributed by atoms with Gasteiger partial charge >= 0.3 is 12.1 Å². The Kier molecular flexibility index (Phi) is 10.7. The Morgan fingerprint density at radius 3 is 2.45 bits per heavy atom. The van der Waals surface area contributed by atoms with Crippen LogP contribution in [0.2, 0.25) is 0 Å². The lowest BCUT2D eigenvalue weighted by Crippen LogP contribution is -2.38. The van der Waals surface area contributed by atoms with Crippen molar-refractivity contribution in [3.63, 3.8) is 0 Å². The van der Waals surface area contributed by atoms with Crippen LogP contribution in [0, 0.1) is 12.8 Å². The molecule has 4 rings (SSSR count). The van der Waals surface area contributed by atoms with E-state index in [1.807, 2.05) is 63.2 Å². The number of hydrogen-bond acceptors (Lipinski definition) is 7. The first-order chi connectivity index (χ1) is 20.9. The molecule has 1 aliphatic rings. The third kappa shape index (κ3) is 8.84. The van der Waals surface area contributed by atoms with Gasteiger partial charge in [0, 0.05) is 42.0 Å².